The maximum atomic E-state index is 7.18. The molecule has 0 fully saturated rings. The number of ether oxygens (including phenoxy) is 3. The Labute approximate surface area is 330 Å². The predicted molar refractivity (Wildman–Crippen MR) is 233 cm³/mol. The highest BCUT2D eigenvalue weighted by atomic mass is 16.5. The number of anilines is 6. The van der Waals surface area contributed by atoms with E-state index in [1.54, 1.807) is 0 Å². The molecule has 0 N–H and O–H groups in total. The lowest BCUT2D eigenvalue weighted by molar-refractivity contribution is 0.416. The molecule has 0 amide bonds. The standard InChI is InChI=1S/C51H33BN2O3/c1-32-29-43-48-44(30-32)57-50-47(38-25-13-14-26-39(38)49-51(50)56-42-28-16-15-27-40(42)54(49)35-21-9-4-10-22-35)52(48)46-37-24-12-11-23-36(37)41(31-45(46)55-43)53(33-17-5-2-6-18-33)34-19-7-3-8-20-34/h2-31H,1H3. The second kappa shape index (κ2) is 12.3. The van der Waals surface area contributed by atoms with Crippen LogP contribution in [0.1, 0.15) is 5.56 Å². The second-order valence-electron chi connectivity index (χ2n) is 14.9. The first-order valence-corrected chi connectivity index (χ1v) is 19.4. The molecule has 0 aliphatic carbocycles. The summed E-state index contributed by atoms with van der Waals surface area (Å²) < 4.78 is 21.3. The Kier molecular flexibility index (Phi) is 6.87. The van der Waals surface area contributed by atoms with Gasteiger partial charge in [0.15, 0.2) is 17.2 Å². The first-order chi connectivity index (χ1) is 28.2. The summed E-state index contributed by atoms with van der Waals surface area (Å²) in [4.78, 5) is 4.65. The van der Waals surface area contributed by atoms with Crippen LogP contribution in [0.5, 0.6) is 34.5 Å². The normalized spacial score (nSPS) is 13.0. The van der Waals surface area contributed by atoms with Crippen molar-refractivity contribution in [3.05, 3.63) is 188 Å². The maximum absolute atomic E-state index is 7.18. The molecule has 0 radical (unpaired) electrons. The summed E-state index contributed by atoms with van der Waals surface area (Å²) in [5.74, 6) is 4.61. The molecule has 5 nitrogen and oxygen atoms in total. The van der Waals surface area contributed by atoms with Gasteiger partial charge in [0.1, 0.15) is 22.9 Å². The van der Waals surface area contributed by atoms with E-state index in [4.69, 9.17) is 14.2 Å². The molecular formula is C51H33BN2O3. The van der Waals surface area contributed by atoms with E-state index in [2.05, 4.69) is 187 Å². The third-order valence-corrected chi connectivity index (χ3v) is 11.5. The topological polar surface area (TPSA) is 34.2 Å². The minimum atomic E-state index is -0.218. The van der Waals surface area contributed by atoms with E-state index in [9.17, 15) is 0 Å². The van der Waals surface area contributed by atoms with Crippen LogP contribution in [0.15, 0.2) is 182 Å². The molecule has 0 atom stereocenters. The zero-order valence-corrected chi connectivity index (χ0v) is 31.0. The van der Waals surface area contributed by atoms with Gasteiger partial charge in [0, 0.05) is 39.4 Å². The first-order valence-electron chi connectivity index (χ1n) is 19.4. The second-order valence-corrected chi connectivity index (χ2v) is 14.9. The van der Waals surface area contributed by atoms with Gasteiger partial charge in [0.05, 0.1) is 11.4 Å². The average Bonchev–Trinajstić information content (AvgIpc) is 3.26. The molecule has 268 valence electrons. The Morgan fingerprint density at radius 2 is 0.965 bits per heavy atom. The highest BCUT2D eigenvalue weighted by Crippen LogP contribution is 2.58. The molecule has 9 aromatic rings. The fourth-order valence-electron chi connectivity index (χ4n) is 9.26. The molecule has 0 bridgehead atoms. The summed E-state index contributed by atoms with van der Waals surface area (Å²) in [7, 11) is 0. The number of hydrogen-bond acceptors (Lipinski definition) is 5. The van der Waals surface area contributed by atoms with Gasteiger partial charge in [-0.2, -0.15) is 0 Å². The van der Waals surface area contributed by atoms with E-state index in [1.165, 1.54) is 0 Å². The molecule has 0 spiro atoms. The van der Waals surface area contributed by atoms with Crippen LogP contribution in [0.3, 0.4) is 0 Å². The molecule has 6 heteroatoms. The fourth-order valence-corrected chi connectivity index (χ4v) is 9.26. The van der Waals surface area contributed by atoms with Crippen molar-refractivity contribution < 1.29 is 14.2 Å². The highest BCUT2D eigenvalue weighted by Gasteiger charge is 2.46. The van der Waals surface area contributed by atoms with Crippen LogP contribution in [0.2, 0.25) is 0 Å². The smallest absolute Gasteiger partial charge is 0.262 e. The van der Waals surface area contributed by atoms with Gasteiger partial charge >= 0.3 is 0 Å². The van der Waals surface area contributed by atoms with Crippen LogP contribution in [0, 0.1) is 6.92 Å². The molecule has 0 saturated heterocycles. The summed E-state index contributed by atoms with van der Waals surface area (Å²) in [6.07, 6.45) is 0. The zero-order valence-electron chi connectivity index (χ0n) is 31.0. The molecule has 3 aliphatic heterocycles. The third-order valence-electron chi connectivity index (χ3n) is 11.5. The van der Waals surface area contributed by atoms with Crippen molar-refractivity contribution in [3.8, 4) is 34.5 Å². The molecule has 0 aromatic heterocycles. The van der Waals surface area contributed by atoms with E-state index >= 15 is 0 Å². The molecule has 3 heterocycles. The predicted octanol–water partition coefficient (Wildman–Crippen LogP) is 12.1. The Morgan fingerprint density at radius 1 is 0.439 bits per heavy atom. The zero-order chi connectivity index (χ0) is 37.6. The van der Waals surface area contributed by atoms with Crippen LogP contribution >= 0.6 is 0 Å². The van der Waals surface area contributed by atoms with Crippen LogP contribution in [0.25, 0.3) is 21.5 Å². The summed E-state index contributed by atoms with van der Waals surface area (Å²) in [5, 5.41) is 4.43. The van der Waals surface area contributed by atoms with Gasteiger partial charge in [-0.25, -0.2) is 0 Å². The lowest BCUT2D eigenvalue weighted by Crippen LogP contribution is -2.58. The van der Waals surface area contributed by atoms with Gasteiger partial charge in [0.2, 0.25) is 0 Å². The molecule has 9 aromatic carbocycles. The summed E-state index contributed by atoms with van der Waals surface area (Å²) in [6, 6.07) is 63.9. The largest absolute Gasteiger partial charge is 0.458 e. The van der Waals surface area contributed by atoms with Crippen molar-refractivity contribution >= 4 is 78.8 Å². The highest BCUT2D eigenvalue weighted by molar-refractivity contribution is 7.01. The third kappa shape index (κ3) is 4.71. The van der Waals surface area contributed by atoms with Gasteiger partial charge in [-0.05, 0) is 94.8 Å². The number of hydrogen-bond donors (Lipinski definition) is 0. The van der Waals surface area contributed by atoms with E-state index in [-0.39, 0.29) is 6.71 Å². The van der Waals surface area contributed by atoms with E-state index < -0.39 is 0 Å². The molecule has 12 rings (SSSR count). The van der Waals surface area contributed by atoms with Crippen molar-refractivity contribution in [1.29, 1.82) is 0 Å². The molecule has 3 aliphatic rings. The number of aryl methyl sites for hydroxylation is 1. The van der Waals surface area contributed by atoms with Gasteiger partial charge in [0.25, 0.3) is 6.71 Å². The van der Waals surface area contributed by atoms with Gasteiger partial charge < -0.3 is 24.0 Å². The number of para-hydroxylation sites is 5. The average molecular weight is 733 g/mol. The lowest BCUT2D eigenvalue weighted by Gasteiger charge is -2.39. The monoisotopic (exact) mass is 732 g/mol. The summed E-state index contributed by atoms with van der Waals surface area (Å²) >= 11 is 0. The Bertz CT molecular complexity index is 3040. The Hall–Kier alpha value is -7.44. The summed E-state index contributed by atoms with van der Waals surface area (Å²) in [6.45, 7) is 1.88. The fraction of sp³-hybridized carbons (Fsp3) is 0.0196. The molecule has 0 unspecified atom stereocenters. The van der Waals surface area contributed by atoms with E-state index in [0.717, 1.165) is 106 Å². The number of benzene rings is 9. The number of rotatable bonds is 4. The van der Waals surface area contributed by atoms with Gasteiger partial charge in [-0.15, -0.1) is 0 Å². The van der Waals surface area contributed by atoms with Crippen LogP contribution in [-0.2, 0) is 0 Å². The van der Waals surface area contributed by atoms with Crippen molar-refractivity contribution in [3.63, 3.8) is 0 Å². The molecule has 57 heavy (non-hydrogen) atoms. The SMILES string of the molecule is Cc1cc2c3c(c1)Oc1c4c(c5ccccc5c1B3c1c(cc(N(c3ccccc3)c3ccccc3)c3ccccc13)O2)N(c1ccccc1)c1ccccc1O4. The van der Waals surface area contributed by atoms with Gasteiger partial charge in [-0.1, -0.05) is 115 Å². The first kappa shape index (κ1) is 31.9. The summed E-state index contributed by atoms with van der Waals surface area (Å²) in [5.41, 5.74) is 10.4. The van der Waals surface area contributed by atoms with E-state index in [1.807, 2.05) is 12.1 Å². The molecule has 0 saturated carbocycles. The number of nitrogens with zero attached hydrogens (tertiary/aromatic N) is 2. The van der Waals surface area contributed by atoms with Crippen LogP contribution in [-0.4, -0.2) is 6.71 Å². The van der Waals surface area contributed by atoms with Crippen molar-refractivity contribution in [2.45, 2.75) is 6.92 Å². The van der Waals surface area contributed by atoms with E-state index in [0.29, 0.717) is 5.75 Å². The minimum absolute atomic E-state index is 0.218. The maximum Gasteiger partial charge on any atom is 0.262 e. The van der Waals surface area contributed by atoms with Crippen LogP contribution in [0.4, 0.5) is 34.1 Å². The molecular weight excluding hydrogens is 699 g/mol. The van der Waals surface area contributed by atoms with Crippen LogP contribution < -0.4 is 40.4 Å². The number of fused-ring (bicyclic) bond motifs is 12. The Morgan fingerprint density at radius 3 is 1.67 bits per heavy atom. The van der Waals surface area contributed by atoms with Gasteiger partial charge in [-0.3, -0.25) is 0 Å². The minimum Gasteiger partial charge on any atom is -0.458 e. The Balaban J connectivity index is 1.18. The van der Waals surface area contributed by atoms with Crippen molar-refractivity contribution in [2.24, 2.45) is 0 Å². The lowest BCUT2D eigenvalue weighted by atomic mass is 9.33. The van der Waals surface area contributed by atoms with Crippen molar-refractivity contribution in [1.82, 2.24) is 0 Å². The quantitative estimate of drug-likeness (QED) is 0.168. The van der Waals surface area contributed by atoms with Crippen molar-refractivity contribution in [2.75, 3.05) is 9.80 Å².